The van der Waals surface area contributed by atoms with Gasteiger partial charge in [0, 0.05) is 58.9 Å². The zero-order chi connectivity index (χ0) is 45.1. The molecule has 14 aliphatic rings. The van der Waals surface area contributed by atoms with Crippen LogP contribution >= 0.6 is 0 Å². The highest BCUT2D eigenvalue weighted by atomic mass is 15.3. The van der Waals surface area contributed by atoms with E-state index in [4.69, 9.17) is 0 Å². The molecule has 12 atom stereocenters. The molecular weight excluding hydrogens is 823 g/mol. The van der Waals surface area contributed by atoms with Crippen molar-refractivity contribution in [2.45, 2.75) is 140 Å². The maximum absolute atomic E-state index is 2.98. The van der Waals surface area contributed by atoms with Crippen molar-refractivity contribution in [2.75, 3.05) is 0 Å². The summed E-state index contributed by atoms with van der Waals surface area (Å²) in [7, 11) is 0. The standard InChI is InChI=1S/C65H71N3/c1-65(2)57-38-43(45-27-32-55-53-21-11-13-23-59(53)66(63(55)40-45)48-16-5-3-6-17-48)29-35-61(57)68(50-31-34-52-47(37-50)26-25-42-15-9-10-20-51(42)52)62-36-30-44(39-58(62)65)46-28-33-56-54-22-12-14-24-60(54)67(64(56)41-46)49-18-7-4-8-19-49/h3,5-7,9,11-16,18-19,21-24,27,29-30,35-39,46,48,53-55,57-63H,4,8,10,17,20,25-26,28,31-34,40-41H2,1-2H3. The summed E-state index contributed by atoms with van der Waals surface area (Å²) in [6, 6.07) is 2.64. The molecular formula is C65H71N3. The van der Waals surface area contributed by atoms with E-state index in [0.29, 0.717) is 71.8 Å². The topological polar surface area (TPSA) is 9.72 Å². The summed E-state index contributed by atoms with van der Waals surface area (Å²) >= 11 is 0. The molecule has 0 aromatic carbocycles. The van der Waals surface area contributed by atoms with Crippen molar-refractivity contribution in [1.82, 2.24) is 14.7 Å². The van der Waals surface area contributed by atoms with E-state index >= 15 is 0 Å². The number of allylic oxidation sites excluding steroid dienone is 23. The summed E-state index contributed by atoms with van der Waals surface area (Å²) in [4.78, 5) is 8.67. The van der Waals surface area contributed by atoms with Crippen LogP contribution in [0, 0.1) is 40.9 Å². The molecule has 0 saturated carbocycles. The molecule has 68 heavy (non-hydrogen) atoms. The van der Waals surface area contributed by atoms with Crippen molar-refractivity contribution >= 4 is 0 Å². The molecule has 0 radical (unpaired) electrons. The fourth-order valence-corrected chi connectivity index (χ4v) is 16.5. The highest BCUT2D eigenvalue weighted by Crippen LogP contribution is 2.57. The first-order valence-electron chi connectivity index (χ1n) is 27.3. The molecule has 0 aromatic rings. The van der Waals surface area contributed by atoms with Crippen LogP contribution in [-0.2, 0) is 0 Å². The van der Waals surface area contributed by atoms with Gasteiger partial charge in [0.2, 0.25) is 0 Å². The Bertz CT molecular complexity index is 2760. The van der Waals surface area contributed by atoms with Crippen molar-refractivity contribution in [3.63, 3.8) is 0 Å². The smallest absolute Gasteiger partial charge is 0.0622 e. The van der Waals surface area contributed by atoms with Crippen molar-refractivity contribution < 1.29 is 0 Å². The molecule has 3 aliphatic heterocycles. The van der Waals surface area contributed by atoms with E-state index in [1.54, 1.807) is 50.4 Å². The van der Waals surface area contributed by atoms with Gasteiger partial charge in [0.15, 0.2) is 0 Å². The second-order valence-electron chi connectivity index (χ2n) is 23.3. The summed E-state index contributed by atoms with van der Waals surface area (Å²) < 4.78 is 0. The quantitative estimate of drug-likeness (QED) is 0.272. The van der Waals surface area contributed by atoms with E-state index in [1.165, 1.54) is 62.6 Å². The summed E-state index contributed by atoms with van der Waals surface area (Å²) in [5.41, 5.74) is 17.8. The molecule has 2 fully saturated rings. The first kappa shape index (κ1) is 41.8. The van der Waals surface area contributed by atoms with E-state index in [-0.39, 0.29) is 5.41 Å². The van der Waals surface area contributed by atoms with Crippen molar-refractivity contribution in [3.8, 4) is 0 Å². The normalized spacial score (nSPS) is 39.1. The second-order valence-corrected chi connectivity index (χ2v) is 23.3. The molecule has 0 bridgehead atoms. The average molecular weight is 894 g/mol. The van der Waals surface area contributed by atoms with Gasteiger partial charge in [0.25, 0.3) is 0 Å². The number of hydrogen-bond donors (Lipinski definition) is 0. The SMILES string of the molecule is CC1(C)C2C=C(C3=CCC4C5C=CC=CC5N(C5C=CC=CC5)C4C3)C=CC2N(C2=CC3=C(CC2)C2=C(C=CCC2)CC3)C2C=CC(C3CCC4=C(C3)N(C3=CCCC=C3)C3C=CC=CC43)=CC21. The number of likely N-dealkylation sites (tertiary alicyclic amines) is 2. The predicted molar refractivity (Wildman–Crippen MR) is 280 cm³/mol. The molecule has 11 aliphatic carbocycles. The Kier molecular flexibility index (Phi) is 10.2. The van der Waals surface area contributed by atoms with Crippen LogP contribution < -0.4 is 0 Å². The number of nitrogens with zero attached hydrogens (tertiary/aromatic N) is 3. The summed E-state index contributed by atoms with van der Waals surface area (Å²) in [5, 5.41) is 0. The van der Waals surface area contributed by atoms with Crippen LogP contribution in [0.4, 0.5) is 0 Å². The van der Waals surface area contributed by atoms with Gasteiger partial charge in [-0.3, -0.25) is 4.90 Å². The lowest BCUT2D eigenvalue weighted by molar-refractivity contribution is -0.00306. The molecule has 2 saturated heterocycles. The van der Waals surface area contributed by atoms with Gasteiger partial charge in [-0.25, -0.2) is 0 Å². The van der Waals surface area contributed by atoms with Crippen LogP contribution in [-0.4, -0.2) is 51.0 Å². The van der Waals surface area contributed by atoms with Gasteiger partial charge in [0.1, 0.15) is 0 Å². The van der Waals surface area contributed by atoms with Crippen LogP contribution in [0.3, 0.4) is 0 Å². The Morgan fingerprint density at radius 1 is 0.603 bits per heavy atom. The minimum atomic E-state index is 0.0676. The molecule has 346 valence electrons. The van der Waals surface area contributed by atoms with Gasteiger partial charge in [-0.1, -0.05) is 154 Å². The predicted octanol–water partition coefficient (Wildman–Crippen LogP) is 14.4. The van der Waals surface area contributed by atoms with Gasteiger partial charge in [-0.15, -0.1) is 0 Å². The Morgan fingerprint density at radius 3 is 2.29 bits per heavy atom. The number of piperidine rings is 1. The van der Waals surface area contributed by atoms with E-state index in [2.05, 4.69) is 180 Å². The Labute approximate surface area is 407 Å². The minimum absolute atomic E-state index is 0.0676. The lowest BCUT2D eigenvalue weighted by atomic mass is 9.57. The molecule has 12 unspecified atom stereocenters. The van der Waals surface area contributed by atoms with Crippen LogP contribution in [0.2, 0.25) is 0 Å². The molecule has 0 spiro atoms. The summed E-state index contributed by atoms with van der Waals surface area (Å²) in [5.74, 6) is 3.16. The highest BCUT2D eigenvalue weighted by molar-refractivity contribution is 5.55. The zero-order valence-corrected chi connectivity index (χ0v) is 40.6. The molecule has 0 aromatic heterocycles. The maximum Gasteiger partial charge on any atom is 0.0622 e. The Hall–Kier alpha value is -5.12. The molecule has 0 N–H and O–H groups in total. The van der Waals surface area contributed by atoms with Crippen molar-refractivity contribution in [1.29, 1.82) is 0 Å². The largest absolute Gasteiger partial charge is 0.361 e. The van der Waals surface area contributed by atoms with Gasteiger partial charge in [0.05, 0.1) is 18.1 Å². The van der Waals surface area contributed by atoms with Gasteiger partial charge >= 0.3 is 0 Å². The molecule has 14 rings (SSSR count). The van der Waals surface area contributed by atoms with Gasteiger partial charge in [-0.05, 0) is 164 Å². The van der Waals surface area contributed by atoms with Gasteiger partial charge < -0.3 is 9.80 Å². The van der Waals surface area contributed by atoms with Crippen molar-refractivity contribution in [3.05, 3.63) is 214 Å². The molecule has 3 heteroatoms. The van der Waals surface area contributed by atoms with E-state index in [9.17, 15) is 0 Å². The highest BCUT2D eigenvalue weighted by Gasteiger charge is 2.55. The minimum Gasteiger partial charge on any atom is -0.361 e. The lowest BCUT2D eigenvalue weighted by Crippen LogP contribution is -2.61. The van der Waals surface area contributed by atoms with Crippen LogP contribution in [0.15, 0.2) is 214 Å². The summed E-state index contributed by atoms with van der Waals surface area (Å²) in [6.45, 7) is 5.31. The molecule has 0 amide bonds. The maximum atomic E-state index is 2.98. The second kappa shape index (κ2) is 16.5. The first-order valence-corrected chi connectivity index (χ1v) is 27.3. The fourth-order valence-electron chi connectivity index (χ4n) is 16.5. The Balaban J connectivity index is 0.815. The van der Waals surface area contributed by atoms with E-state index < -0.39 is 0 Å². The zero-order valence-electron chi connectivity index (χ0n) is 40.6. The first-order chi connectivity index (χ1) is 33.5. The van der Waals surface area contributed by atoms with E-state index in [0.717, 1.165) is 38.5 Å². The molecule has 3 heterocycles. The molecule has 3 nitrogen and oxygen atoms in total. The van der Waals surface area contributed by atoms with E-state index in [1.807, 2.05) is 0 Å². The van der Waals surface area contributed by atoms with Crippen LogP contribution in [0.5, 0.6) is 0 Å². The summed E-state index contributed by atoms with van der Waals surface area (Å²) in [6.07, 6.45) is 79.0. The third-order valence-electron chi connectivity index (χ3n) is 19.8. The fraction of sp³-hybridized carbons (Fsp3) is 0.446. The third kappa shape index (κ3) is 6.60. The monoisotopic (exact) mass is 894 g/mol. The van der Waals surface area contributed by atoms with Crippen LogP contribution in [0.1, 0.15) is 104 Å². The van der Waals surface area contributed by atoms with Crippen LogP contribution in [0.25, 0.3) is 0 Å². The van der Waals surface area contributed by atoms with Crippen molar-refractivity contribution in [2.24, 2.45) is 40.9 Å². The number of hydrogen-bond acceptors (Lipinski definition) is 3. The number of fused-ring (bicyclic) bond motifs is 8. The lowest BCUT2D eigenvalue weighted by Gasteiger charge is -2.59. The Morgan fingerprint density at radius 2 is 1.41 bits per heavy atom. The average Bonchev–Trinajstić information content (AvgIpc) is 3.91. The third-order valence-corrected chi connectivity index (χ3v) is 19.8. The van der Waals surface area contributed by atoms with Gasteiger partial charge in [-0.2, -0.15) is 0 Å². The number of rotatable bonds is 5.